The van der Waals surface area contributed by atoms with Crippen molar-refractivity contribution in [2.45, 2.75) is 239 Å². The van der Waals surface area contributed by atoms with E-state index in [1.807, 2.05) is 5.32 Å². The van der Waals surface area contributed by atoms with Crippen molar-refractivity contribution >= 4 is 35.8 Å². The Morgan fingerprint density at radius 3 is 1.06 bits per heavy atom. The van der Waals surface area contributed by atoms with Crippen LogP contribution >= 0.6 is 0 Å². The number of hydrogen-bond donors (Lipinski definition) is 1. The number of ether oxygens (including phenoxy) is 6. The predicted octanol–water partition coefficient (Wildman–Crippen LogP) is 9.96. The molecule has 1 rings (SSSR count). The molecule has 0 aromatic heterocycles. The van der Waals surface area contributed by atoms with Gasteiger partial charge in [-0.15, -0.1) is 0 Å². The van der Waals surface area contributed by atoms with Crippen molar-refractivity contribution < 1.29 is 62.5 Å². The molecule has 1 saturated heterocycles. The monoisotopic (exact) mass is 911 g/mol. The van der Waals surface area contributed by atoms with Crippen molar-refractivity contribution in [2.75, 3.05) is 39.6 Å². The molecule has 0 amide bonds. The minimum Gasteiger partial charge on any atom is -0.465 e. The van der Waals surface area contributed by atoms with Gasteiger partial charge in [-0.2, -0.15) is 0 Å². The van der Waals surface area contributed by atoms with Gasteiger partial charge in [-0.3, -0.25) is 28.8 Å². The molecule has 0 unspecified atom stereocenters. The van der Waals surface area contributed by atoms with Crippen LogP contribution in [-0.4, -0.2) is 87.5 Å². The summed E-state index contributed by atoms with van der Waals surface area (Å²) in [5.74, 6) is -3.33. The topological polar surface area (TPSA) is 174 Å². The molecular weight excluding hydrogens is 819 g/mol. The highest BCUT2D eigenvalue weighted by Crippen LogP contribution is 2.17. The van der Waals surface area contributed by atoms with Gasteiger partial charge >= 0.3 is 35.8 Å². The molecule has 0 aliphatic carbocycles. The van der Waals surface area contributed by atoms with E-state index in [0.29, 0.717) is 38.6 Å². The van der Waals surface area contributed by atoms with Crippen LogP contribution in [0.5, 0.6) is 0 Å². The van der Waals surface area contributed by atoms with E-state index in [1.165, 1.54) is 25.7 Å². The Hall–Kier alpha value is -3.22. The molecule has 1 heterocycles. The maximum atomic E-state index is 13.2. The van der Waals surface area contributed by atoms with E-state index < -0.39 is 29.9 Å². The fraction of sp³-hybridized carbons (Fsp3) is 0.882. The van der Waals surface area contributed by atoms with Gasteiger partial charge in [0.1, 0.15) is 19.2 Å². The Balaban J connectivity index is 2.64. The summed E-state index contributed by atoms with van der Waals surface area (Å²) in [5.41, 5.74) is 0. The minimum atomic E-state index is -0.534. The molecule has 0 aromatic carbocycles. The summed E-state index contributed by atoms with van der Waals surface area (Å²) in [4.78, 5) is 76.3. The lowest BCUT2D eigenvalue weighted by Crippen LogP contribution is -2.88. The van der Waals surface area contributed by atoms with Crippen LogP contribution in [0.4, 0.5) is 0 Å². The zero-order valence-corrected chi connectivity index (χ0v) is 40.9. The Bertz CT molecular complexity index is 1160. The molecule has 0 saturated carbocycles. The molecule has 13 heteroatoms. The van der Waals surface area contributed by atoms with Crippen molar-refractivity contribution in [2.24, 2.45) is 11.8 Å². The van der Waals surface area contributed by atoms with Crippen LogP contribution in [0.15, 0.2) is 0 Å². The first-order valence-corrected chi connectivity index (χ1v) is 25.9. The molecule has 2 atom stereocenters. The maximum absolute atomic E-state index is 13.2. The summed E-state index contributed by atoms with van der Waals surface area (Å²) in [6.07, 6.45) is 26.4. The highest BCUT2D eigenvalue weighted by Gasteiger charge is 2.33. The summed E-state index contributed by atoms with van der Waals surface area (Å²) < 4.78 is 33.6. The van der Waals surface area contributed by atoms with E-state index in [4.69, 9.17) is 28.4 Å². The molecule has 372 valence electrons. The number of hydrogen-bond acceptors (Lipinski definition) is 12. The summed E-state index contributed by atoms with van der Waals surface area (Å²) in [6.45, 7) is 9.08. The van der Waals surface area contributed by atoms with Crippen LogP contribution < -0.4 is 5.32 Å². The van der Waals surface area contributed by atoms with Gasteiger partial charge in [0.25, 0.3) is 0 Å². The van der Waals surface area contributed by atoms with Crippen LogP contribution in [0.1, 0.15) is 227 Å². The molecule has 64 heavy (non-hydrogen) atoms. The first kappa shape index (κ1) is 58.8. The second-order valence-corrected chi connectivity index (χ2v) is 18.2. The Morgan fingerprint density at radius 1 is 0.406 bits per heavy atom. The lowest BCUT2D eigenvalue weighted by Gasteiger charge is -2.18. The third-order valence-corrected chi connectivity index (χ3v) is 11.8. The van der Waals surface area contributed by atoms with Crippen molar-refractivity contribution in [1.82, 2.24) is 0 Å². The van der Waals surface area contributed by atoms with E-state index in [-0.39, 0.29) is 75.8 Å². The van der Waals surface area contributed by atoms with Crippen molar-refractivity contribution in [3.8, 4) is 0 Å². The Labute approximate surface area is 387 Å². The van der Waals surface area contributed by atoms with Gasteiger partial charge < -0.3 is 33.7 Å². The number of carbonyl (C=O) groups is 6. The molecule has 1 aliphatic heterocycles. The minimum absolute atomic E-state index is 0.0406. The van der Waals surface area contributed by atoms with Crippen LogP contribution in [0.2, 0.25) is 0 Å². The number of rotatable bonds is 43. The van der Waals surface area contributed by atoms with Gasteiger partial charge in [0.05, 0.1) is 39.3 Å². The van der Waals surface area contributed by atoms with Crippen molar-refractivity contribution in [3.05, 3.63) is 0 Å². The second-order valence-electron chi connectivity index (χ2n) is 18.2. The quantitative estimate of drug-likeness (QED) is 0.0349. The van der Waals surface area contributed by atoms with Gasteiger partial charge in [0, 0.05) is 43.9 Å². The smallest absolute Gasteiger partial charge is 0.306 e. The number of esters is 6. The fourth-order valence-corrected chi connectivity index (χ4v) is 7.73. The Kier molecular flexibility index (Phi) is 37.9. The fourth-order valence-electron chi connectivity index (χ4n) is 7.73. The van der Waals surface area contributed by atoms with E-state index in [9.17, 15) is 28.8 Å². The third kappa shape index (κ3) is 35.1. The van der Waals surface area contributed by atoms with Gasteiger partial charge in [-0.05, 0) is 25.7 Å². The summed E-state index contributed by atoms with van der Waals surface area (Å²) in [7, 11) is 0. The molecule has 0 spiro atoms. The van der Waals surface area contributed by atoms with Gasteiger partial charge in [-0.25, -0.2) is 0 Å². The first-order valence-electron chi connectivity index (χ1n) is 25.9. The van der Waals surface area contributed by atoms with Gasteiger partial charge in [-0.1, -0.05) is 156 Å². The van der Waals surface area contributed by atoms with E-state index in [1.54, 1.807) is 0 Å². The molecule has 0 radical (unpaired) electrons. The lowest BCUT2D eigenvalue weighted by molar-refractivity contribution is -0.673. The average molecular weight is 911 g/mol. The molecule has 2 N–H and O–H groups in total. The van der Waals surface area contributed by atoms with E-state index in [0.717, 1.165) is 128 Å². The van der Waals surface area contributed by atoms with Crippen LogP contribution in [0.3, 0.4) is 0 Å². The van der Waals surface area contributed by atoms with Crippen molar-refractivity contribution in [3.63, 3.8) is 0 Å². The standard InChI is InChI=1S/C51H91NO12/c1-5-9-13-17-21-25-29-46(53)59-37-42(38-60-47(54)30-26-22-18-14-10-6-2)33-50(57)63-41-44-35-45(36-52-44)64-51(58)34-43(39-61-48(55)31-27-23-19-15-11-7-3)40-62-49(56)32-28-24-20-16-12-8-4/h42-45,52H,5-41H2,1-4H3/p+1/t44-,45+/m0/s1. The number of unbranched alkanes of at least 4 members (excludes halogenated alkanes) is 20. The molecule has 0 aromatic rings. The first-order chi connectivity index (χ1) is 31.1. The largest absolute Gasteiger partial charge is 0.465 e. The highest BCUT2D eigenvalue weighted by atomic mass is 16.6. The average Bonchev–Trinajstić information content (AvgIpc) is 3.73. The SMILES string of the molecule is CCCCCCCCC(=O)OCC(COC(=O)CCCCCCCC)CC(=O)OC[C@@H]1C[C@@H](OC(=O)CC(COC(=O)CCCCCCCC)COC(=O)CCCCCCCC)C[NH2+]1. The molecule has 13 nitrogen and oxygen atoms in total. The maximum Gasteiger partial charge on any atom is 0.306 e. The van der Waals surface area contributed by atoms with Gasteiger partial charge in [0.2, 0.25) is 0 Å². The van der Waals surface area contributed by atoms with Crippen LogP contribution in [0, 0.1) is 11.8 Å². The number of nitrogens with two attached hydrogens (primary N) is 1. The lowest BCUT2D eigenvalue weighted by atomic mass is 10.1. The summed E-state index contributed by atoms with van der Waals surface area (Å²) >= 11 is 0. The summed E-state index contributed by atoms with van der Waals surface area (Å²) in [5, 5.41) is 1.97. The molecule has 0 bridgehead atoms. The zero-order chi connectivity index (χ0) is 46.9. The highest BCUT2D eigenvalue weighted by molar-refractivity contribution is 5.72. The van der Waals surface area contributed by atoms with E-state index >= 15 is 0 Å². The van der Waals surface area contributed by atoms with Gasteiger partial charge in [0.15, 0.2) is 6.10 Å². The third-order valence-electron chi connectivity index (χ3n) is 11.8. The molecule has 1 fully saturated rings. The summed E-state index contributed by atoms with van der Waals surface area (Å²) in [6, 6.07) is -0.132. The Morgan fingerprint density at radius 2 is 0.719 bits per heavy atom. The van der Waals surface area contributed by atoms with Crippen LogP contribution in [0.25, 0.3) is 0 Å². The second kappa shape index (κ2) is 41.2. The molecular formula is C51H92NO12+. The predicted molar refractivity (Wildman–Crippen MR) is 248 cm³/mol. The van der Waals surface area contributed by atoms with E-state index in [2.05, 4.69) is 27.7 Å². The zero-order valence-electron chi connectivity index (χ0n) is 40.9. The van der Waals surface area contributed by atoms with Crippen molar-refractivity contribution in [1.29, 1.82) is 0 Å². The number of carbonyl (C=O) groups excluding carboxylic acids is 6. The van der Waals surface area contributed by atoms with Crippen LogP contribution in [-0.2, 0) is 57.2 Å². The normalized spacial score (nSPS) is 14.7. The number of quaternary nitrogens is 1. The molecule has 1 aliphatic rings.